The molecule has 1 aromatic carbocycles. The van der Waals surface area contributed by atoms with Gasteiger partial charge >= 0.3 is 12.0 Å². The summed E-state index contributed by atoms with van der Waals surface area (Å²) in [5, 5.41) is 18.2. The quantitative estimate of drug-likeness (QED) is 0.662. The summed E-state index contributed by atoms with van der Waals surface area (Å²) in [4.78, 5) is 26.8. The van der Waals surface area contributed by atoms with E-state index in [1.807, 2.05) is 12.1 Å². The Morgan fingerprint density at radius 3 is 2.71 bits per heavy atom. The molecule has 8 heteroatoms. The number of fused-ring (bicyclic) bond motifs is 1. The summed E-state index contributed by atoms with van der Waals surface area (Å²) in [7, 11) is 0. The molecule has 0 aliphatic heterocycles. The highest BCUT2D eigenvalue weighted by molar-refractivity contribution is 6.01. The molecule has 24 heavy (non-hydrogen) atoms. The van der Waals surface area contributed by atoms with Gasteiger partial charge in [-0.2, -0.15) is 0 Å². The van der Waals surface area contributed by atoms with Crippen LogP contribution in [0, 0.1) is 0 Å². The van der Waals surface area contributed by atoms with Gasteiger partial charge in [0.25, 0.3) is 0 Å². The summed E-state index contributed by atoms with van der Waals surface area (Å²) in [6.45, 7) is 0.476. The number of rotatable bonds is 5. The van der Waals surface area contributed by atoms with Crippen molar-refractivity contribution >= 4 is 28.7 Å². The predicted molar refractivity (Wildman–Crippen MR) is 85.9 cm³/mol. The first-order valence-electron chi connectivity index (χ1n) is 7.20. The second-order valence-corrected chi connectivity index (χ2v) is 5.03. The minimum Gasteiger partial charge on any atom is -0.476 e. The van der Waals surface area contributed by atoms with E-state index < -0.39 is 5.97 Å². The third-order valence-electron chi connectivity index (χ3n) is 3.38. The fourth-order valence-corrected chi connectivity index (χ4v) is 2.21. The van der Waals surface area contributed by atoms with Gasteiger partial charge < -0.3 is 20.3 Å². The number of nitrogens with zero attached hydrogens (tertiary/aromatic N) is 2. The SMILES string of the molecule is O=C(NCCc1ccncc1)Nc1ccc2c(C(=O)O)noc2c1. The lowest BCUT2D eigenvalue weighted by atomic mass is 10.2. The number of aromatic nitrogens is 2. The molecule has 3 aromatic rings. The number of amides is 2. The van der Waals surface area contributed by atoms with Crippen molar-refractivity contribution in [3.05, 3.63) is 54.0 Å². The third kappa shape index (κ3) is 3.49. The smallest absolute Gasteiger partial charge is 0.358 e. The standard InChI is InChI=1S/C16H14N4O4/c21-15(22)14-12-2-1-11(9-13(12)24-20-14)19-16(23)18-8-5-10-3-6-17-7-4-10/h1-4,6-7,9H,5,8H2,(H,21,22)(H2,18,19,23). The summed E-state index contributed by atoms with van der Waals surface area (Å²) < 4.78 is 4.96. The molecule has 3 N–H and O–H groups in total. The van der Waals surface area contributed by atoms with Crippen molar-refractivity contribution in [2.75, 3.05) is 11.9 Å². The topological polar surface area (TPSA) is 117 Å². The van der Waals surface area contributed by atoms with Crippen molar-refractivity contribution < 1.29 is 19.2 Å². The van der Waals surface area contributed by atoms with Crippen LogP contribution in [0.1, 0.15) is 16.1 Å². The number of pyridine rings is 1. The van der Waals surface area contributed by atoms with E-state index in [0.29, 0.717) is 29.6 Å². The lowest BCUT2D eigenvalue weighted by Gasteiger charge is -2.07. The Morgan fingerprint density at radius 2 is 1.96 bits per heavy atom. The number of nitrogens with one attached hydrogen (secondary N) is 2. The summed E-state index contributed by atoms with van der Waals surface area (Å²) in [6, 6.07) is 8.07. The van der Waals surface area contributed by atoms with Crippen molar-refractivity contribution in [2.24, 2.45) is 0 Å². The maximum absolute atomic E-state index is 11.9. The Bertz CT molecular complexity index is 876. The molecule has 0 fully saturated rings. The maximum atomic E-state index is 11.9. The Hall–Kier alpha value is -3.42. The van der Waals surface area contributed by atoms with Gasteiger partial charge in [0.1, 0.15) is 0 Å². The molecular weight excluding hydrogens is 312 g/mol. The molecular formula is C16H14N4O4. The van der Waals surface area contributed by atoms with Crippen molar-refractivity contribution in [1.29, 1.82) is 0 Å². The third-order valence-corrected chi connectivity index (χ3v) is 3.38. The van der Waals surface area contributed by atoms with Gasteiger partial charge in [0.05, 0.1) is 5.39 Å². The fourth-order valence-electron chi connectivity index (χ4n) is 2.21. The number of hydrogen-bond donors (Lipinski definition) is 3. The fraction of sp³-hybridized carbons (Fsp3) is 0.125. The van der Waals surface area contributed by atoms with Crippen LogP contribution < -0.4 is 10.6 Å². The Labute approximate surface area is 136 Å². The highest BCUT2D eigenvalue weighted by Gasteiger charge is 2.15. The van der Waals surface area contributed by atoms with Gasteiger partial charge in [-0.15, -0.1) is 0 Å². The van der Waals surface area contributed by atoms with Crippen molar-refractivity contribution in [3.63, 3.8) is 0 Å². The van der Waals surface area contributed by atoms with Gasteiger partial charge in [0, 0.05) is 30.7 Å². The van der Waals surface area contributed by atoms with E-state index in [9.17, 15) is 9.59 Å². The van der Waals surface area contributed by atoms with E-state index in [1.165, 1.54) is 6.07 Å². The average Bonchev–Trinajstić information content (AvgIpc) is 2.99. The van der Waals surface area contributed by atoms with Crippen LogP contribution in [0.15, 0.2) is 47.2 Å². The first-order valence-corrected chi connectivity index (χ1v) is 7.20. The number of carboxylic acid groups (broad SMARTS) is 1. The molecule has 0 atom stereocenters. The number of benzene rings is 1. The minimum atomic E-state index is -1.16. The second-order valence-electron chi connectivity index (χ2n) is 5.03. The summed E-state index contributed by atoms with van der Waals surface area (Å²) >= 11 is 0. The van der Waals surface area contributed by atoms with E-state index in [2.05, 4.69) is 20.8 Å². The number of carboxylic acids is 1. The molecule has 0 aliphatic carbocycles. The molecule has 3 rings (SSSR count). The summed E-state index contributed by atoms with van der Waals surface area (Å²) in [6.07, 6.45) is 4.10. The maximum Gasteiger partial charge on any atom is 0.358 e. The van der Waals surface area contributed by atoms with Crippen LogP contribution >= 0.6 is 0 Å². The number of anilines is 1. The first-order chi connectivity index (χ1) is 11.6. The van der Waals surface area contributed by atoms with Gasteiger partial charge in [0.15, 0.2) is 11.3 Å². The monoisotopic (exact) mass is 326 g/mol. The van der Waals surface area contributed by atoms with Crippen LogP contribution in [0.25, 0.3) is 11.0 Å². The van der Waals surface area contributed by atoms with Gasteiger partial charge in [0.2, 0.25) is 0 Å². The number of urea groups is 1. The number of carbonyl (C=O) groups excluding carboxylic acids is 1. The van der Waals surface area contributed by atoms with E-state index in [-0.39, 0.29) is 11.7 Å². The molecule has 0 radical (unpaired) electrons. The zero-order valence-corrected chi connectivity index (χ0v) is 12.5. The molecule has 2 heterocycles. The number of aromatic carboxylic acids is 1. The van der Waals surface area contributed by atoms with Crippen LogP contribution in [0.4, 0.5) is 10.5 Å². The second kappa shape index (κ2) is 6.78. The van der Waals surface area contributed by atoms with E-state index in [0.717, 1.165) is 5.56 Å². The Kier molecular flexibility index (Phi) is 4.37. The average molecular weight is 326 g/mol. The number of carbonyl (C=O) groups is 2. The lowest BCUT2D eigenvalue weighted by molar-refractivity contribution is 0.0688. The van der Waals surface area contributed by atoms with Crippen LogP contribution in [-0.4, -0.2) is 33.8 Å². The van der Waals surface area contributed by atoms with Gasteiger partial charge in [-0.3, -0.25) is 4.98 Å². The van der Waals surface area contributed by atoms with E-state index >= 15 is 0 Å². The van der Waals surface area contributed by atoms with Crippen molar-refractivity contribution in [2.45, 2.75) is 6.42 Å². The van der Waals surface area contributed by atoms with Gasteiger partial charge in [-0.25, -0.2) is 9.59 Å². The highest BCUT2D eigenvalue weighted by Crippen LogP contribution is 2.22. The molecule has 2 aromatic heterocycles. The molecule has 8 nitrogen and oxygen atoms in total. The molecule has 0 spiro atoms. The normalized spacial score (nSPS) is 10.5. The molecule has 0 unspecified atom stereocenters. The lowest BCUT2D eigenvalue weighted by Crippen LogP contribution is -2.30. The Balaban J connectivity index is 1.58. The summed E-state index contributed by atoms with van der Waals surface area (Å²) in [5.41, 5.74) is 1.70. The van der Waals surface area contributed by atoms with Gasteiger partial charge in [-0.05, 0) is 36.2 Å². The molecule has 0 saturated heterocycles. The van der Waals surface area contributed by atoms with Crippen LogP contribution in [0.3, 0.4) is 0 Å². The molecule has 2 amide bonds. The highest BCUT2D eigenvalue weighted by atomic mass is 16.5. The van der Waals surface area contributed by atoms with Crippen molar-refractivity contribution in [1.82, 2.24) is 15.5 Å². The Morgan fingerprint density at radius 1 is 1.17 bits per heavy atom. The van der Waals surface area contributed by atoms with E-state index in [1.54, 1.807) is 24.5 Å². The molecule has 0 bridgehead atoms. The van der Waals surface area contributed by atoms with Gasteiger partial charge in [-0.1, -0.05) is 5.16 Å². The molecule has 0 saturated carbocycles. The largest absolute Gasteiger partial charge is 0.476 e. The van der Waals surface area contributed by atoms with E-state index in [4.69, 9.17) is 9.63 Å². The zero-order valence-electron chi connectivity index (χ0n) is 12.5. The summed E-state index contributed by atoms with van der Waals surface area (Å²) in [5.74, 6) is -1.16. The van der Waals surface area contributed by atoms with Crippen LogP contribution in [-0.2, 0) is 6.42 Å². The molecule has 122 valence electrons. The number of hydrogen-bond acceptors (Lipinski definition) is 5. The van der Waals surface area contributed by atoms with Crippen molar-refractivity contribution in [3.8, 4) is 0 Å². The zero-order chi connectivity index (χ0) is 16.9. The minimum absolute atomic E-state index is 0.154. The predicted octanol–water partition coefficient (Wildman–Crippen LogP) is 2.29. The first kappa shape index (κ1) is 15.5. The molecule has 0 aliphatic rings. The van der Waals surface area contributed by atoms with Crippen LogP contribution in [0.2, 0.25) is 0 Å². The van der Waals surface area contributed by atoms with Crippen LogP contribution in [0.5, 0.6) is 0 Å².